The minimum absolute atomic E-state index is 0.124. The van der Waals surface area contributed by atoms with E-state index in [4.69, 9.17) is 0 Å². The zero-order chi connectivity index (χ0) is 40.4. The van der Waals surface area contributed by atoms with Gasteiger partial charge in [-0.2, -0.15) is 0 Å². The van der Waals surface area contributed by atoms with Gasteiger partial charge in [-0.15, -0.1) is 0 Å². The molecule has 12 aromatic rings. The molecule has 1 aliphatic carbocycles. The van der Waals surface area contributed by atoms with Crippen molar-refractivity contribution in [1.82, 2.24) is 0 Å². The third-order valence-electron chi connectivity index (χ3n) is 14.0. The lowest BCUT2D eigenvalue weighted by Crippen LogP contribution is -2.14. The van der Waals surface area contributed by atoms with Gasteiger partial charge in [-0.25, -0.2) is 0 Å². The van der Waals surface area contributed by atoms with Crippen LogP contribution in [0.5, 0.6) is 0 Å². The molecule has 284 valence electrons. The Morgan fingerprint density at radius 3 is 1.25 bits per heavy atom. The van der Waals surface area contributed by atoms with Crippen LogP contribution >= 0.6 is 0 Å². The highest BCUT2D eigenvalue weighted by Gasteiger charge is 2.36. The standard InChI is InChI=1S/C61H40/c1-61(2)57-30-25-41(34-55(57)56-35-53-49-19-11-9-17-47(49)48-18-10-12-20-50(48)54(53)36-58(56)61)45-26-21-39-24-29-52-46(27-22-40-23-28-51(45)59(39)60(40)52)44-32-42(37-13-5-3-6-14-37)31-43(33-44)38-15-7-4-8-16-38/h3-36H,1-2H3. The summed E-state index contributed by atoms with van der Waals surface area (Å²) in [5.74, 6) is 0. The van der Waals surface area contributed by atoms with Gasteiger partial charge < -0.3 is 0 Å². The van der Waals surface area contributed by atoms with Crippen LogP contribution in [0.3, 0.4) is 0 Å². The Morgan fingerprint density at radius 2 is 0.689 bits per heavy atom. The number of hydrogen-bond acceptors (Lipinski definition) is 0. The van der Waals surface area contributed by atoms with E-state index in [0.717, 1.165) is 0 Å². The molecule has 13 rings (SSSR count). The van der Waals surface area contributed by atoms with Crippen molar-refractivity contribution in [2.45, 2.75) is 19.3 Å². The molecule has 0 bridgehead atoms. The number of hydrogen-bond donors (Lipinski definition) is 0. The van der Waals surface area contributed by atoms with E-state index in [9.17, 15) is 0 Å². The van der Waals surface area contributed by atoms with Crippen molar-refractivity contribution in [2.75, 3.05) is 0 Å². The molecule has 0 fully saturated rings. The molecule has 0 spiro atoms. The van der Waals surface area contributed by atoms with Crippen molar-refractivity contribution in [3.8, 4) is 55.6 Å². The van der Waals surface area contributed by atoms with Crippen LogP contribution in [-0.4, -0.2) is 0 Å². The highest BCUT2D eigenvalue weighted by Crippen LogP contribution is 2.53. The molecule has 0 saturated heterocycles. The van der Waals surface area contributed by atoms with Crippen LogP contribution in [0.15, 0.2) is 206 Å². The highest BCUT2D eigenvalue weighted by molar-refractivity contribution is 6.28. The van der Waals surface area contributed by atoms with Gasteiger partial charge in [-0.1, -0.05) is 184 Å². The molecule has 0 aromatic heterocycles. The average molecular weight is 773 g/mol. The predicted octanol–water partition coefficient (Wildman–Crippen LogP) is 17.0. The Kier molecular flexibility index (Phi) is 7.17. The van der Waals surface area contributed by atoms with E-state index < -0.39 is 0 Å². The first-order chi connectivity index (χ1) is 30.0. The first-order valence-electron chi connectivity index (χ1n) is 21.5. The topological polar surface area (TPSA) is 0 Å². The summed E-state index contributed by atoms with van der Waals surface area (Å²) >= 11 is 0. The van der Waals surface area contributed by atoms with Gasteiger partial charge in [0.25, 0.3) is 0 Å². The van der Waals surface area contributed by atoms with Gasteiger partial charge in [0.1, 0.15) is 0 Å². The molecular weight excluding hydrogens is 733 g/mol. The Hall–Kier alpha value is -7.54. The molecule has 0 heterocycles. The van der Waals surface area contributed by atoms with Crippen LogP contribution in [0, 0.1) is 0 Å². The van der Waals surface area contributed by atoms with Crippen molar-refractivity contribution in [2.24, 2.45) is 0 Å². The predicted molar refractivity (Wildman–Crippen MR) is 262 cm³/mol. The van der Waals surface area contributed by atoms with Gasteiger partial charge in [0.05, 0.1) is 0 Å². The molecular formula is C61H40. The van der Waals surface area contributed by atoms with E-state index in [0.29, 0.717) is 0 Å². The van der Waals surface area contributed by atoms with E-state index in [1.807, 2.05) is 0 Å². The molecule has 0 N–H and O–H groups in total. The van der Waals surface area contributed by atoms with E-state index in [1.165, 1.54) is 131 Å². The second-order valence-corrected chi connectivity index (χ2v) is 17.6. The van der Waals surface area contributed by atoms with E-state index in [1.54, 1.807) is 0 Å². The van der Waals surface area contributed by atoms with Crippen LogP contribution in [0.4, 0.5) is 0 Å². The van der Waals surface area contributed by atoms with Crippen molar-refractivity contribution < 1.29 is 0 Å². The van der Waals surface area contributed by atoms with Gasteiger partial charge in [-0.05, 0) is 168 Å². The van der Waals surface area contributed by atoms with Crippen LogP contribution in [0.2, 0.25) is 0 Å². The second kappa shape index (κ2) is 12.7. The summed E-state index contributed by atoms with van der Waals surface area (Å²) in [4.78, 5) is 0. The highest BCUT2D eigenvalue weighted by atomic mass is 14.4. The third-order valence-corrected chi connectivity index (χ3v) is 14.0. The van der Waals surface area contributed by atoms with Crippen molar-refractivity contribution in [3.63, 3.8) is 0 Å². The normalized spacial score (nSPS) is 13.2. The summed E-state index contributed by atoms with van der Waals surface area (Å²) in [5.41, 5.74) is 15.3. The molecule has 0 radical (unpaired) electrons. The van der Waals surface area contributed by atoms with Gasteiger partial charge >= 0.3 is 0 Å². The van der Waals surface area contributed by atoms with Gasteiger partial charge in [0.2, 0.25) is 0 Å². The first-order valence-corrected chi connectivity index (χ1v) is 21.5. The maximum absolute atomic E-state index is 2.51. The van der Waals surface area contributed by atoms with Crippen molar-refractivity contribution >= 4 is 64.6 Å². The molecule has 0 nitrogen and oxygen atoms in total. The molecule has 0 amide bonds. The summed E-state index contributed by atoms with van der Waals surface area (Å²) in [5, 5.41) is 15.7. The molecule has 0 atom stereocenters. The summed E-state index contributed by atoms with van der Waals surface area (Å²) in [6.07, 6.45) is 0. The van der Waals surface area contributed by atoms with Crippen molar-refractivity contribution in [3.05, 3.63) is 217 Å². The molecule has 61 heavy (non-hydrogen) atoms. The van der Waals surface area contributed by atoms with Crippen LogP contribution in [0.1, 0.15) is 25.0 Å². The fraction of sp³-hybridized carbons (Fsp3) is 0.0492. The van der Waals surface area contributed by atoms with Crippen LogP contribution in [0.25, 0.3) is 120 Å². The summed E-state index contributed by atoms with van der Waals surface area (Å²) in [6.45, 7) is 4.80. The third kappa shape index (κ3) is 5.00. The quantitative estimate of drug-likeness (QED) is 0.156. The first kappa shape index (κ1) is 34.3. The lowest BCUT2D eigenvalue weighted by Gasteiger charge is -2.22. The Labute approximate surface area is 355 Å². The second-order valence-electron chi connectivity index (χ2n) is 17.6. The van der Waals surface area contributed by atoms with E-state index in [-0.39, 0.29) is 5.41 Å². The summed E-state index contributed by atoms with van der Waals surface area (Å²) in [6, 6.07) is 77.4. The number of fused-ring (bicyclic) bond motifs is 9. The number of rotatable bonds is 4. The molecule has 0 heteroatoms. The van der Waals surface area contributed by atoms with E-state index in [2.05, 4.69) is 220 Å². The minimum Gasteiger partial charge on any atom is -0.0622 e. The molecule has 0 saturated carbocycles. The Balaban J connectivity index is 1.01. The maximum Gasteiger partial charge on any atom is 0.0159 e. The van der Waals surface area contributed by atoms with Crippen LogP contribution < -0.4 is 0 Å². The van der Waals surface area contributed by atoms with Gasteiger partial charge in [-0.3, -0.25) is 0 Å². The minimum atomic E-state index is -0.124. The average Bonchev–Trinajstić information content (AvgIpc) is 3.54. The zero-order valence-electron chi connectivity index (χ0n) is 34.1. The van der Waals surface area contributed by atoms with Gasteiger partial charge in [0.15, 0.2) is 0 Å². The fourth-order valence-corrected chi connectivity index (χ4v) is 11.0. The lowest BCUT2D eigenvalue weighted by molar-refractivity contribution is 0.661. The Morgan fingerprint density at radius 1 is 0.246 bits per heavy atom. The molecule has 12 aromatic carbocycles. The monoisotopic (exact) mass is 772 g/mol. The molecule has 1 aliphatic rings. The summed E-state index contributed by atoms with van der Waals surface area (Å²) < 4.78 is 0. The SMILES string of the molecule is CC1(C)c2ccc(-c3ccc4ccc5c(-c6cc(-c7ccccc7)cc(-c7ccccc7)c6)ccc6ccc3c4c65)cc2-c2cc3c4ccccc4c4ccccc4c3cc21. The fourth-order valence-electron chi connectivity index (χ4n) is 11.0. The summed E-state index contributed by atoms with van der Waals surface area (Å²) in [7, 11) is 0. The van der Waals surface area contributed by atoms with E-state index >= 15 is 0 Å². The van der Waals surface area contributed by atoms with Crippen LogP contribution in [-0.2, 0) is 5.41 Å². The lowest BCUT2D eigenvalue weighted by atomic mass is 9.81. The zero-order valence-corrected chi connectivity index (χ0v) is 34.1. The Bertz CT molecular complexity index is 3700. The molecule has 0 unspecified atom stereocenters. The maximum atomic E-state index is 2.51. The number of benzene rings is 12. The smallest absolute Gasteiger partial charge is 0.0159 e. The van der Waals surface area contributed by atoms with Crippen molar-refractivity contribution in [1.29, 1.82) is 0 Å². The molecule has 0 aliphatic heterocycles. The van der Waals surface area contributed by atoms with Gasteiger partial charge in [0, 0.05) is 5.41 Å². The largest absolute Gasteiger partial charge is 0.0622 e.